The molecule has 138 heavy (non-hydrogen) atoms. The first kappa shape index (κ1) is 111. The lowest BCUT2D eigenvalue weighted by Crippen LogP contribution is -2.28. The van der Waals surface area contributed by atoms with Crippen molar-refractivity contribution in [1.29, 1.82) is 10.5 Å². The normalized spacial score (nSPS) is 10.1. The van der Waals surface area contributed by atoms with Crippen LogP contribution in [0, 0.1) is 85.0 Å². The summed E-state index contributed by atoms with van der Waals surface area (Å²) in [5, 5.41) is 54.4. The van der Waals surface area contributed by atoms with E-state index >= 15 is 0 Å². The van der Waals surface area contributed by atoms with Crippen molar-refractivity contribution in [2.24, 2.45) is 11.5 Å². The fourth-order valence-corrected chi connectivity index (χ4v) is 11.3. The highest BCUT2D eigenvalue weighted by atomic mass is 79.9. The molecule has 722 valence electrons. The topological polar surface area (TPSA) is 623 Å². The summed E-state index contributed by atoms with van der Waals surface area (Å²) < 4.78 is 39.6. The summed E-state index contributed by atoms with van der Waals surface area (Å²) >= 11 is 2.83. The number of anilines is 12. The van der Waals surface area contributed by atoms with Gasteiger partial charge in [-0.2, -0.15) is 30.5 Å². The second kappa shape index (κ2) is 56.5. The molecule has 0 atom stereocenters. The van der Waals surface area contributed by atoms with Crippen molar-refractivity contribution in [3.8, 4) is 12.1 Å². The van der Waals surface area contributed by atoms with Crippen LogP contribution in [-0.2, 0) is 52.8 Å². The second-order valence-electron chi connectivity index (χ2n) is 30.3. The number of halogens is 1. The standard InChI is InChI=1S/C18H19N5O2.C13H19N3O2.C13H17N3O2.C12H12N2O3.2C10H8N2O3.C8H9N3.C8H9NO.C5H7BrO3/c1-11-8-16(19)21-12(2)14(11)9-20-17(24)15-10-25-18(23-15)22-13-6-4-3-5-7-13;2*1-8-6-11(15-9(2)10(8)7-14)16-12(17)18-13(3,4)5;1-2-16-11(15)10-8-17-12(14-10)13-9-6-4-3-5-7-9;2*13-9(14)8-6-15-10(12-8)11-7-4-2-1-3-5-7;1-5-3-8(10)11-6(2)7(5)4-9;9-8(10)6-7-4-2-1-3-5-7;1-2-9-5(8)4(7)3-6/h3-8,10H,9H2,1-2H3,(H2,19,21)(H,20,24)(H,22,23);6H,3,7,14H2,1-2,4-5H3;6H,1-5H3,(H,15,16,17);3-8H,2H2,1H3,(H,13,14);2*1-6H,(H,11,12)(H,13,14);3H,1-2H3,(H2,10,11);1-5H,6H2,(H2,9,10);2-3H2,1H3/p+1. The molecule has 17 N–H and O–H groups in total. The highest BCUT2D eigenvalue weighted by Gasteiger charge is 2.25. The minimum absolute atomic E-state index is 0.0336. The van der Waals surface area contributed by atoms with Gasteiger partial charge in [0.1, 0.15) is 73.0 Å². The number of nitrogen functional groups attached to an aromatic ring is 2. The van der Waals surface area contributed by atoms with E-state index in [1.165, 1.54) is 12.5 Å². The van der Waals surface area contributed by atoms with Crippen LogP contribution in [-0.4, -0.2) is 133 Å². The van der Waals surface area contributed by atoms with Crippen molar-refractivity contribution in [2.45, 2.75) is 135 Å². The van der Waals surface area contributed by atoms with Crippen molar-refractivity contribution < 1.29 is 90.0 Å². The monoisotopic (exact) mass is 1950 g/mol. The number of aromatic nitrogens is 8. The molecule has 0 aliphatic rings. The molecule has 0 saturated heterocycles. The Morgan fingerprint density at radius 2 is 0.812 bits per heavy atom. The third-order valence-corrected chi connectivity index (χ3v) is 17.7. The largest absolute Gasteiger partial charge is 0.476 e. The Balaban J connectivity index is 0.000000278. The number of nitrogens with one attached hydrogen (secondary N) is 7. The van der Waals surface area contributed by atoms with E-state index in [9.17, 15) is 43.2 Å². The fourth-order valence-electron chi connectivity index (χ4n) is 11.1. The maximum atomic E-state index is 12.3. The number of nitriles is 2. The zero-order valence-corrected chi connectivity index (χ0v) is 80.1. The smallest absolute Gasteiger partial charge is 0.416 e. The molecule has 5 aromatic carbocycles. The number of carboxylic acids is 2. The lowest BCUT2D eigenvalue weighted by Gasteiger charge is -2.19. The first-order valence-electron chi connectivity index (χ1n) is 41.8. The summed E-state index contributed by atoms with van der Waals surface area (Å²) in [7, 11) is 0. The summed E-state index contributed by atoms with van der Waals surface area (Å²) in [6.07, 6.45) is 3.98. The van der Waals surface area contributed by atoms with E-state index in [1.807, 2.05) is 186 Å². The van der Waals surface area contributed by atoms with E-state index in [2.05, 4.69) is 117 Å². The molecule has 0 bridgehead atoms. The van der Waals surface area contributed by atoms with Gasteiger partial charge in [0.15, 0.2) is 22.8 Å². The zero-order valence-electron chi connectivity index (χ0n) is 78.5. The number of pyridine rings is 4. The van der Waals surface area contributed by atoms with Crippen LogP contribution in [0.4, 0.5) is 79.7 Å². The average molecular weight is 1950 g/mol. The van der Waals surface area contributed by atoms with Gasteiger partial charge in [0.25, 0.3) is 30.0 Å². The number of hydrogen-bond donors (Lipinski definition) is 13. The van der Waals surface area contributed by atoms with Crippen molar-refractivity contribution in [3.63, 3.8) is 0 Å². The van der Waals surface area contributed by atoms with Crippen LogP contribution in [0.3, 0.4) is 0 Å². The number of aryl methyl sites for hydroxylation is 8. The number of amides is 4. The fraction of sp³-hybridized carbons (Fsp3) is 0.237. The molecule has 8 heterocycles. The SMILES string of the molecule is CCOC(=O)C(=O)CBr.CCOC(=O)c1coc(Nc2ccccc2)n1.Cc1cc(N)nc(C)c1C#N.Cc1cc(N)nc(C)c1CNC(=O)c1coc(Nc2ccccc2)n1.Cc1cc(NC(=O)OC(C)(C)C)nc(C)c1C#N.NC(=O)Cc1ccccc1.O=C(O)c1coc(Nc2ccccc2)n1.O=C(O)c1coc(Nc2ccccc2)n1.[CH2+]C(C)(C)OC(=O)Nc1cc(C)c(CN)c(C)n1. The lowest BCUT2D eigenvalue weighted by molar-refractivity contribution is -0.152. The van der Waals surface area contributed by atoms with Crippen LogP contribution < -0.4 is 60.2 Å². The molecule has 8 aromatic heterocycles. The van der Waals surface area contributed by atoms with Gasteiger partial charge in [-0.25, -0.2) is 48.7 Å². The van der Waals surface area contributed by atoms with Gasteiger partial charge < -0.3 is 96.3 Å². The summed E-state index contributed by atoms with van der Waals surface area (Å²) in [5.74, 6) is -2.85. The number of carboxylic acid groups (broad SMARTS) is 2. The molecule has 0 unspecified atom stereocenters. The number of carbonyl (C=O) groups is 9. The number of para-hydroxylation sites is 4. The number of nitrogens with zero attached hydrogens (tertiary/aromatic N) is 10. The van der Waals surface area contributed by atoms with Crippen LogP contribution in [0.2, 0.25) is 0 Å². The zero-order chi connectivity index (χ0) is 102. The molecule has 41 heteroatoms. The Kier molecular flexibility index (Phi) is 45.5. The Morgan fingerprint density at radius 1 is 0.464 bits per heavy atom. The number of ketones is 1. The summed E-state index contributed by atoms with van der Waals surface area (Å²) in [5.41, 5.74) is 34.4. The molecule has 13 rings (SSSR count). The van der Waals surface area contributed by atoms with Gasteiger partial charge in [-0.3, -0.25) is 25.0 Å². The predicted octanol–water partition coefficient (Wildman–Crippen LogP) is 17.4. The van der Waals surface area contributed by atoms with Gasteiger partial charge in [-0.05, 0) is 202 Å². The van der Waals surface area contributed by atoms with Crippen LogP contribution in [0.25, 0.3) is 0 Å². The number of aromatic carboxylic acids is 2. The van der Waals surface area contributed by atoms with E-state index in [-0.39, 0.29) is 70.6 Å². The molecular formula is C97H109BrN21O19+. The van der Waals surface area contributed by atoms with Crippen LogP contribution in [0.5, 0.6) is 0 Å². The van der Waals surface area contributed by atoms with Gasteiger partial charge in [0, 0.05) is 61.1 Å². The number of carbonyl (C=O) groups excluding carboxylic acids is 7. The first-order valence-corrected chi connectivity index (χ1v) is 42.9. The van der Waals surface area contributed by atoms with E-state index in [4.69, 9.17) is 75.6 Å². The maximum absolute atomic E-state index is 12.3. The predicted molar refractivity (Wildman–Crippen MR) is 521 cm³/mol. The minimum Gasteiger partial charge on any atom is -0.476 e. The molecule has 4 amide bonds. The Bertz CT molecular complexity index is 6070. The van der Waals surface area contributed by atoms with E-state index in [1.54, 1.807) is 93.5 Å². The quantitative estimate of drug-likeness (QED) is 0.00878. The number of esters is 2. The number of ether oxygens (including phenoxy) is 4. The number of nitrogens with two attached hydrogens (primary N) is 4. The molecule has 0 spiro atoms. The number of hydrogen-bond acceptors (Lipinski definition) is 34. The Hall–Kier alpha value is -17.3. The van der Waals surface area contributed by atoms with Gasteiger partial charge in [0.2, 0.25) is 17.3 Å². The van der Waals surface area contributed by atoms with Crippen molar-refractivity contribution in [3.05, 3.63) is 304 Å². The van der Waals surface area contributed by atoms with Crippen LogP contribution in [0.1, 0.15) is 163 Å². The minimum atomic E-state index is -1.11. The van der Waals surface area contributed by atoms with E-state index in [0.29, 0.717) is 71.9 Å². The Morgan fingerprint density at radius 3 is 1.17 bits per heavy atom. The summed E-state index contributed by atoms with van der Waals surface area (Å²) in [6.45, 7) is 31.9. The molecular weight excluding hydrogens is 1840 g/mol. The van der Waals surface area contributed by atoms with Gasteiger partial charge in [-0.1, -0.05) is 119 Å². The third kappa shape index (κ3) is 41.2. The third-order valence-electron chi connectivity index (χ3n) is 17.1. The van der Waals surface area contributed by atoms with Gasteiger partial charge in [0.05, 0.1) is 47.5 Å². The summed E-state index contributed by atoms with van der Waals surface area (Å²) in [4.78, 5) is 131. The average Bonchev–Trinajstić information content (AvgIpc) is 1.28. The number of alkyl halides is 1. The highest BCUT2D eigenvalue weighted by molar-refractivity contribution is 9.09. The summed E-state index contributed by atoms with van der Waals surface area (Å²) in [6, 6.07) is 58.7. The highest BCUT2D eigenvalue weighted by Crippen LogP contribution is 2.24. The molecule has 0 fully saturated rings. The molecule has 0 aliphatic heterocycles. The van der Waals surface area contributed by atoms with E-state index in [0.717, 1.165) is 85.6 Å². The lowest BCUT2D eigenvalue weighted by atomic mass is 10.1. The number of Topliss-reactive ketones (excluding diaryl/α,β-unsaturated/α-hetero) is 1. The first-order chi connectivity index (χ1) is 65.4. The molecule has 40 nitrogen and oxygen atoms in total. The second-order valence-corrected chi connectivity index (χ2v) is 30.9. The van der Waals surface area contributed by atoms with Crippen molar-refractivity contribution in [1.82, 2.24) is 45.2 Å². The Labute approximate surface area is 804 Å². The van der Waals surface area contributed by atoms with Crippen molar-refractivity contribution in [2.75, 3.05) is 61.9 Å². The van der Waals surface area contributed by atoms with Crippen molar-refractivity contribution >= 4 is 140 Å². The molecule has 0 radical (unpaired) electrons. The van der Waals surface area contributed by atoms with Crippen LogP contribution >= 0.6 is 15.9 Å². The number of rotatable bonds is 24. The van der Waals surface area contributed by atoms with Crippen LogP contribution in [0.15, 0.2) is 219 Å². The number of benzene rings is 5. The van der Waals surface area contributed by atoms with Gasteiger partial charge in [-0.15, -0.1) is 0 Å². The maximum Gasteiger partial charge on any atom is 0.416 e. The molecule has 13 aromatic rings. The molecule has 0 saturated carbocycles. The van der Waals surface area contributed by atoms with Gasteiger partial charge >= 0.3 is 36.1 Å². The number of primary amides is 1. The molecule has 0 aliphatic carbocycles. The van der Waals surface area contributed by atoms with E-state index < -0.39 is 53.0 Å². The number of oxazole rings is 4.